The van der Waals surface area contributed by atoms with Gasteiger partial charge in [-0.3, -0.25) is 4.79 Å². The summed E-state index contributed by atoms with van der Waals surface area (Å²) in [5.41, 5.74) is 2.09. The van der Waals surface area contributed by atoms with E-state index in [1.54, 1.807) is 39.1 Å². The summed E-state index contributed by atoms with van der Waals surface area (Å²) in [6, 6.07) is 12.7. The van der Waals surface area contributed by atoms with Gasteiger partial charge in [0, 0.05) is 47.7 Å². The van der Waals surface area contributed by atoms with Crippen molar-refractivity contribution in [2.45, 2.75) is 51.1 Å². The summed E-state index contributed by atoms with van der Waals surface area (Å²) in [6.07, 6.45) is 1.67. The summed E-state index contributed by atoms with van der Waals surface area (Å²) >= 11 is 6.03. The van der Waals surface area contributed by atoms with Crippen molar-refractivity contribution < 1.29 is 13.2 Å². The number of amides is 1. The summed E-state index contributed by atoms with van der Waals surface area (Å²) in [7, 11) is -3.88. The Kier molecular flexibility index (Phi) is 8.76. The number of sulfonamides is 1. The van der Waals surface area contributed by atoms with Gasteiger partial charge in [0.2, 0.25) is 15.9 Å². The lowest BCUT2D eigenvalue weighted by atomic mass is 10.1. The molecule has 0 bridgehead atoms. The smallest absolute Gasteiger partial charge is 0.241 e. The second-order valence-electron chi connectivity index (χ2n) is 9.30. The lowest BCUT2D eigenvalue weighted by molar-refractivity contribution is -0.114. The first-order chi connectivity index (χ1) is 16.9. The van der Waals surface area contributed by atoms with Gasteiger partial charge in [-0.05, 0) is 76.3 Å². The molecule has 2 aromatic carbocycles. The van der Waals surface area contributed by atoms with Crippen molar-refractivity contribution in [1.29, 1.82) is 0 Å². The third-order valence-corrected chi connectivity index (χ3v) is 7.79. The maximum absolute atomic E-state index is 13.3. The largest absolute Gasteiger partial charge is 0.383 e. The van der Waals surface area contributed by atoms with Crippen LogP contribution in [0.4, 0.5) is 11.4 Å². The van der Waals surface area contributed by atoms with E-state index in [-0.39, 0.29) is 16.8 Å². The number of hydrogen-bond acceptors (Lipinski definition) is 8. The number of aliphatic imine (C=N–C) groups is 1. The number of aromatic nitrogens is 1. The molecule has 0 saturated carbocycles. The van der Waals surface area contributed by atoms with Crippen LogP contribution < -0.4 is 15.4 Å². The van der Waals surface area contributed by atoms with E-state index < -0.39 is 15.6 Å². The Morgan fingerprint density at radius 3 is 2.44 bits per heavy atom. The van der Waals surface area contributed by atoms with Crippen molar-refractivity contribution in [3.63, 3.8) is 0 Å². The van der Waals surface area contributed by atoms with E-state index in [1.807, 2.05) is 31.2 Å². The molecule has 3 N–H and O–H groups in total. The number of anilines is 2. The summed E-state index contributed by atoms with van der Waals surface area (Å²) in [6.45, 7) is 9.29. The van der Waals surface area contributed by atoms with Gasteiger partial charge in [0.15, 0.2) is 0 Å². The highest BCUT2D eigenvalue weighted by Gasteiger charge is 2.26. The van der Waals surface area contributed by atoms with Crippen LogP contribution in [0.25, 0.3) is 21.0 Å². The molecule has 3 rings (SSSR count). The molecule has 0 aliphatic heterocycles. The summed E-state index contributed by atoms with van der Waals surface area (Å²) in [5.74, 6) is -0.284. The number of isothiocyanates is 1. The zero-order valence-electron chi connectivity index (χ0n) is 20.7. The number of carbonyl (C=O) groups excluding carboxylic acids is 1. The predicted octanol–water partition coefficient (Wildman–Crippen LogP) is 5.42. The molecule has 190 valence electrons. The maximum Gasteiger partial charge on any atom is 0.241 e. The van der Waals surface area contributed by atoms with Crippen molar-refractivity contribution in [2.24, 2.45) is 4.99 Å². The molecule has 8 nitrogen and oxygen atoms in total. The van der Waals surface area contributed by atoms with E-state index in [1.165, 1.54) is 24.3 Å². The van der Waals surface area contributed by atoms with Gasteiger partial charge in [0.1, 0.15) is 5.01 Å². The van der Waals surface area contributed by atoms with Gasteiger partial charge in [0.05, 0.1) is 21.0 Å². The SMILES string of the molecule is CC(=O)Nc1ccc(-c2cnc(-c3ccc(NCC(C)N=C=S)cc3)s2)c(S(=O)(=O)NC(C)(C)C)c1. The Morgan fingerprint density at radius 2 is 1.83 bits per heavy atom. The lowest BCUT2D eigenvalue weighted by Crippen LogP contribution is -2.40. The minimum Gasteiger partial charge on any atom is -0.383 e. The molecule has 1 amide bonds. The van der Waals surface area contributed by atoms with Crippen molar-refractivity contribution in [3.8, 4) is 21.0 Å². The third kappa shape index (κ3) is 7.52. The normalized spacial score (nSPS) is 12.5. The van der Waals surface area contributed by atoms with Gasteiger partial charge < -0.3 is 10.6 Å². The van der Waals surface area contributed by atoms with Gasteiger partial charge >= 0.3 is 0 Å². The Morgan fingerprint density at radius 1 is 1.17 bits per heavy atom. The number of hydrogen-bond donors (Lipinski definition) is 3. The van der Waals surface area contributed by atoms with Crippen LogP contribution in [0.2, 0.25) is 0 Å². The average molecular weight is 544 g/mol. The predicted molar refractivity (Wildman–Crippen MR) is 150 cm³/mol. The number of rotatable bonds is 9. The van der Waals surface area contributed by atoms with Crippen LogP contribution >= 0.6 is 23.6 Å². The second-order valence-corrected chi connectivity index (χ2v) is 12.2. The van der Waals surface area contributed by atoms with Gasteiger partial charge in [0.25, 0.3) is 0 Å². The van der Waals surface area contributed by atoms with Crippen molar-refractivity contribution in [1.82, 2.24) is 9.71 Å². The van der Waals surface area contributed by atoms with Crippen molar-refractivity contribution in [2.75, 3.05) is 17.2 Å². The number of thiocarbonyl (C=S) groups is 1. The van der Waals surface area contributed by atoms with Gasteiger partial charge in [-0.2, -0.15) is 0 Å². The summed E-state index contributed by atoms with van der Waals surface area (Å²) < 4.78 is 29.3. The highest BCUT2D eigenvalue weighted by atomic mass is 32.2. The van der Waals surface area contributed by atoms with Crippen molar-refractivity contribution in [3.05, 3.63) is 48.7 Å². The molecule has 0 saturated heterocycles. The van der Waals surface area contributed by atoms with Crippen molar-refractivity contribution >= 4 is 56.0 Å². The van der Waals surface area contributed by atoms with Gasteiger partial charge in [-0.25, -0.2) is 23.1 Å². The molecule has 0 aliphatic carbocycles. The Balaban J connectivity index is 1.93. The minimum atomic E-state index is -3.88. The highest BCUT2D eigenvalue weighted by molar-refractivity contribution is 7.89. The van der Waals surface area contributed by atoms with Crippen LogP contribution in [-0.4, -0.2) is 42.6 Å². The van der Waals surface area contributed by atoms with E-state index in [0.29, 0.717) is 22.7 Å². The highest BCUT2D eigenvalue weighted by Crippen LogP contribution is 2.37. The quantitative estimate of drug-likeness (QED) is 0.246. The Hall–Kier alpha value is -2.95. The van der Waals surface area contributed by atoms with E-state index >= 15 is 0 Å². The molecule has 36 heavy (non-hydrogen) atoms. The number of nitrogens with one attached hydrogen (secondary N) is 3. The van der Waals surface area contributed by atoms with Crippen LogP contribution in [0.3, 0.4) is 0 Å². The summed E-state index contributed by atoms with van der Waals surface area (Å²) in [5, 5.41) is 9.10. The molecule has 0 radical (unpaired) electrons. The monoisotopic (exact) mass is 543 g/mol. The first-order valence-electron chi connectivity index (χ1n) is 11.2. The third-order valence-electron chi connectivity index (χ3n) is 4.81. The molecule has 0 spiro atoms. The van der Waals surface area contributed by atoms with E-state index in [0.717, 1.165) is 16.3 Å². The van der Waals surface area contributed by atoms with Crippen LogP contribution in [-0.2, 0) is 14.8 Å². The molecule has 11 heteroatoms. The molecule has 1 aromatic heterocycles. The molecule has 0 fully saturated rings. The summed E-state index contributed by atoms with van der Waals surface area (Å²) in [4.78, 5) is 20.9. The standard InChI is InChI=1S/C25H29N5O3S3/c1-16(28-15-34)13-26-19-8-6-18(7-9-19)24-27-14-22(35-24)21-11-10-20(29-17(2)31)12-23(21)36(32,33)30-25(3,4)5/h6-12,14,16,26,30H,13H2,1-5H3,(H,29,31). The first kappa shape index (κ1) is 27.6. The Labute approximate surface area is 221 Å². The number of thiazole rings is 1. The van der Waals surface area contributed by atoms with Gasteiger partial charge in [-0.1, -0.05) is 6.07 Å². The van der Waals surface area contributed by atoms with Crippen LogP contribution in [0.5, 0.6) is 0 Å². The molecular formula is C25H29N5O3S3. The first-order valence-corrected chi connectivity index (χ1v) is 13.9. The fourth-order valence-electron chi connectivity index (χ4n) is 3.35. The van der Waals surface area contributed by atoms with Gasteiger partial charge in [-0.15, -0.1) is 11.3 Å². The zero-order valence-corrected chi connectivity index (χ0v) is 23.2. The van der Waals surface area contributed by atoms with E-state index in [2.05, 4.69) is 42.7 Å². The van der Waals surface area contributed by atoms with Crippen LogP contribution in [0.15, 0.2) is 58.5 Å². The molecule has 1 heterocycles. The number of nitrogens with zero attached hydrogens (tertiary/aromatic N) is 2. The molecule has 3 aromatic rings. The van der Waals surface area contributed by atoms with Crippen LogP contribution in [0.1, 0.15) is 34.6 Å². The number of benzene rings is 2. The molecule has 1 unspecified atom stereocenters. The topological polar surface area (TPSA) is 113 Å². The lowest BCUT2D eigenvalue weighted by Gasteiger charge is -2.22. The molecule has 1 atom stereocenters. The zero-order chi connectivity index (χ0) is 26.5. The Bertz CT molecular complexity index is 1390. The van der Waals surface area contributed by atoms with Crippen LogP contribution in [0, 0.1) is 0 Å². The maximum atomic E-state index is 13.3. The molecule has 0 aliphatic rings. The van der Waals surface area contributed by atoms with E-state index in [4.69, 9.17) is 0 Å². The molecular weight excluding hydrogens is 515 g/mol. The second kappa shape index (κ2) is 11.4. The fourth-order valence-corrected chi connectivity index (χ4v) is 6.22. The van der Waals surface area contributed by atoms with E-state index in [9.17, 15) is 13.2 Å². The fraction of sp³-hybridized carbons (Fsp3) is 0.320. The minimum absolute atomic E-state index is 0.0268. The average Bonchev–Trinajstić information content (AvgIpc) is 3.26. The number of carbonyl (C=O) groups is 1.